The van der Waals surface area contributed by atoms with E-state index in [1.165, 1.54) is 38.5 Å². The van der Waals surface area contributed by atoms with Crippen molar-refractivity contribution in [1.29, 1.82) is 0 Å². The molecule has 2 fully saturated rings. The molecule has 0 aromatic heterocycles. The average molecular weight is 235 g/mol. The molecule has 0 aromatic rings. The SMILES string of the molecule is CCCC(C)CCC(CC)C1CC(C)C2[CH-]C21. The fraction of sp³-hybridized carbons (Fsp3) is 0.941. The Kier molecular flexibility index (Phi) is 4.55. The number of hydrogen-bond acceptors (Lipinski definition) is 0. The molecule has 2 saturated carbocycles. The Labute approximate surface area is 109 Å². The highest BCUT2D eigenvalue weighted by molar-refractivity contribution is 5.16. The van der Waals surface area contributed by atoms with Gasteiger partial charge in [0.15, 0.2) is 0 Å². The quantitative estimate of drug-likeness (QED) is 0.523. The van der Waals surface area contributed by atoms with Crippen LogP contribution >= 0.6 is 0 Å². The van der Waals surface area contributed by atoms with Crippen molar-refractivity contribution >= 4 is 0 Å². The van der Waals surface area contributed by atoms with Gasteiger partial charge in [0.05, 0.1) is 0 Å². The summed E-state index contributed by atoms with van der Waals surface area (Å²) < 4.78 is 0. The molecule has 0 saturated heterocycles. The van der Waals surface area contributed by atoms with E-state index in [0.29, 0.717) is 0 Å². The van der Waals surface area contributed by atoms with Gasteiger partial charge in [0.25, 0.3) is 0 Å². The molecule has 0 N–H and O–H groups in total. The first-order valence-corrected chi connectivity index (χ1v) is 8.02. The van der Waals surface area contributed by atoms with E-state index in [1.807, 2.05) is 0 Å². The van der Waals surface area contributed by atoms with Gasteiger partial charge in [-0.05, 0) is 11.8 Å². The van der Waals surface area contributed by atoms with Crippen LogP contribution in [0.2, 0.25) is 0 Å². The van der Waals surface area contributed by atoms with E-state index in [9.17, 15) is 0 Å². The van der Waals surface area contributed by atoms with E-state index in [1.54, 1.807) is 0 Å². The lowest BCUT2D eigenvalue weighted by Crippen LogP contribution is -2.16. The number of rotatable bonds is 7. The summed E-state index contributed by atoms with van der Waals surface area (Å²) in [5.41, 5.74) is 0. The van der Waals surface area contributed by atoms with E-state index in [2.05, 4.69) is 34.1 Å². The Morgan fingerprint density at radius 3 is 2.35 bits per heavy atom. The first-order valence-electron chi connectivity index (χ1n) is 8.02. The molecule has 17 heavy (non-hydrogen) atoms. The molecule has 2 rings (SSSR count). The molecule has 6 atom stereocenters. The van der Waals surface area contributed by atoms with Crippen LogP contribution in [0.25, 0.3) is 0 Å². The van der Waals surface area contributed by atoms with Crippen molar-refractivity contribution in [2.45, 2.75) is 66.2 Å². The average Bonchev–Trinajstić information content (AvgIpc) is 3.02. The Hall–Kier alpha value is 0. The largest absolute Gasteiger partial charge is 0.326 e. The van der Waals surface area contributed by atoms with Crippen molar-refractivity contribution in [2.75, 3.05) is 0 Å². The van der Waals surface area contributed by atoms with E-state index in [4.69, 9.17) is 0 Å². The summed E-state index contributed by atoms with van der Waals surface area (Å²) in [4.78, 5) is 0. The third-order valence-electron chi connectivity index (χ3n) is 5.49. The first kappa shape index (κ1) is 13.4. The molecule has 0 amide bonds. The molecular formula is C17H31-. The fourth-order valence-corrected chi connectivity index (χ4v) is 4.30. The summed E-state index contributed by atoms with van der Waals surface area (Å²) in [7, 11) is 0. The van der Waals surface area contributed by atoms with Gasteiger partial charge in [-0.2, -0.15) is 11.8 Å². The topological polar surface area (TPSA) is 0 Å². The van der Waals surface area contributed by atoms with Crippen LogP contribution in [0, 0.1) is 41.9 Å². The van der Waals surface area contributed by atoms with Crippen molar-refractivity contribution < 1.29 is 0 Å². The Balaban J connectivity index is 1.77. The van der Waals surface area contributed by atoms with Gasteiger partial charge in [-0.3, -0.25) is 0 Å². The van der Waals surface area contributed by atoms with Gasteiger partial charge in [0, 0.05) is 0 Å². The van der Waals surface area contributed by atoms with Crippen LogP contribution in [0.3, 0.4) is 0 Å². The second kappa shape index (κ2) is 5.76. The lowest BCUT2D eigenvalue weighted by Gasteiger charge is -2.28. The van der Waals surface area contributed by atoms with Gasteiger partial charge in [0.2, 0.25) is 0 Å². The third kappa shape index (κ3) is 3.06. The second-order valence-electron chi connectivity index (χ2n) is 6.86. The molecule has 6 unspecified atom stereocenters. The van der Waals surface area contributed by atoms with Crippen LogP contribution < -0.4 is 0 Å². The summed E-state index contributed by atoms with van der Waals surface area (Å²) in [6, 6.07) is 0. The molecule has 0 radical (unpaired) electrons. The van der Waals surface area contributed by atoms with Crippen molar-refractivity contribution in [3.63, 3.8) is 0 Å². The van der Waals surface area contributed by atoms with Crippen molar-refractivity contribution in [3.05, 3.63) is 6.42 Å². The lowest BCUT2D eigenvalue weighted by molar-refractivity contribution is 0.256. The molecular weight excluding hydrogens is 204 g/mol. The summed E-state index contributed by atoms with van der Waals surface area (Å²) in [6.07, 6.45) is 11.3. The molecule has 2 aliphatic rings. The molecule has 100 valence electrons. The first-order chi connectivity index (χ1) is 8.17. The maximum absolute atomic E-state index is 2.64. The fourth-order valence-electron chi connectivity index (χ4n) is 4.30. The maximum Gasteiger partial charge on any atom is -0.0411 e. The van der Waals surface area contributed by atoms with E-state index in [-0.39, 0.29) is 0 Å². The lowest BCUT2D eigenvalue weighted by atomic mass is 9.80. The van der Waals surface area contributed by atoms with Crippen molar-refractivity contribution in [3.8, 4) is 0 Å². The molecule has 0 heteroatoms. The molecule has 0 nitrogen and oxygen atoms in total. The predicted octanol–water partition coefficient (Wildman–Crippen LogP) is 5.34. The van der Waals surface area contributed by atoms with E-state index in [0.717, 1.165) is 35.5 Å². The molecule has 0 bridgehead atoms. The van der Waals surface area contributed by atoms with Gasteiger partial charge in [-0.25, -0.2) is 0 Å². The van der Waals surface area contributed by atoms with Crippen LogP contribution in [-0.2, 0) is 0 Å². The molecule has 0 aromatic carbocycles. The Morgan fingerprint density at radius 1 is 1.12 bits per heavy atom. The molecule has 2 aliphatic carbocycles. The normalized spacial score (nSPS) is 38.8. The van der Waals surface area contributed by atoms with Crippen LogP contribution in [0.1, 0.15) is 66.2 Å². The molecule has 0 spiro atoms. The van der Waals surface area contributed by atoms with E-state index >= 15 is 0 Å². The summed E-state index contributed by atoms with van der Waals surface area (Å²) in [5.74, 6) is 6.05. The van der Waals surface area contributed by atoms with Gasteiger partial charge in [0.1, 0.15) is 0 Å². The highest BCUT2D eigenvalue weighted by atomic mass is 14.6. The highest BCUT2D eigenvalue weighted by Gasteiger charge is 2.43. The van der Waals surface area contributed by atoms with Gasteiger partial charge < -0.3 is 6.42 Å². The van der Waals surface area contributed by atoms with Gasteiger partial charge in [-0.15, -0.1) is 0 Å². The minimum absolute atomic E-state index is 0.951. The summed E-state index contributed by atoms with van der Waals surface area (Å²) in [5, 5.41) is 0. The van der Waals surface area contributed by atoms with E-state index < -0.39 is 0 Å². The van der Waals surface area contributed by atoms with Gasteiger partial charge in [-0.1, -0.05) is 78.1 Å². The van der Waals surface area contributed by atoms with Crippen molar-refractivity contribution in [2.24, 2.45) is 35.5 Å². The Bertz CT molecular complexity index is 232. The van der Waals surface area contributed by atoms with Crippen molar-refractivity contribution in [1.82, 2.24) is 0 Å². The highest BCUT2D eigenvalue weighted by Crippen LogP contribution is 2.60. The third-order valence-corrected chi connectivity index (χ3v) is 5.49. The number of hydrogen-bond donors (Lipinski definition) is 0. The monoisotopic (exact) mass is 235 g/mol. The summed E-state index contributed by atoms with van der Waals surface area (Å²) >= 11 is 0. The van der Waals surface area contributed by atoms with Crippen LogP contribution in [0.15, 0.2) is 0 Å². The molecule has 0 heterocycles. The number of fused-ring (bicyclic) bond motifs is 1. The van der Waals surface area contributed by atoms with Crippen LogP contribution in [-0.4, -0.2) is 0 Å². The zero-order chi connectivity index (χ0) is 12.4. The minimum Gasteiger partial charge on any atom is -0.326 e. The van der Waals surface area contributed by atoms with Crippen LogP contribution in [0.5, 0.6) is 0 Å². The zero-order valence-corrected chi connectivity index (χ0v) is 12.3. The van der Waals surface area contributed by atoms with Gasteiger partial charge >= 0.3 is 0 Å². The maximum atomic E-state index is 2.64. The minimum atomic E-state index is 0.951. The second-order valence-corrected chi connectivity index (χ2v) is 6.86. The zero-order valence-electron chi connectivity index (χ0n) is 12.3. The Morgan fingerprint density at radius 2 is 1.88 bits per heavy atom. The standard InChI is InChI=1S/C17H31/c1-5-7-12(3)8-9-14(6-2)16-10-13(4)15-11-17(15)16/h11-17H,5-10H2,1-4H3/q-1. The predicted molar refractivity (Wildman–Crippen MR) is 75.6 cm³/mol. The molecule has 0 aliphatic heterocycles. The smallest absolute Gasteiger partial charge is 0.0411 e. The van der Waals surface area contributed by atoms with Crippen LogP contribution in [0.4, 0.5) is 0 Å². The summed E-state index contributed by atoms with van der Waals surface area (Å²) in [6.45, 7) is 9.64.